The predicted molar refractivity (Wildman–Crippen MR) is 137 cm³/mol. The summed E-state index contributed by atoms with van der Waals surface area (Å²) in [6, 6.07) is 13.2. The average Bonchev–Trinajstić information content (AvgIpc) is 2.79. The molecule has 0 atom stereocenters. The number of nitrogens with zero attached hydrogens (tertiary/aromatic N) is 3. The van der Waals surface area contributed by atoms with E-state index in [1.807, 2.05) is 86.6 Å². The van der Waals surface area contributed by atoms with Crippen LogP contribution in [0.4, 0.5) is 17.3 Å². The van der Waals surface area contributed by atoms with Crippen LogP contribution in [0.3, 0.4) is 0 Å². The molecule has 34 heavy (non-hydrogen) atoms. The van der Waals surface area contributed by atoms with Crippen molar-refractivity contribution in [3.8, 4) is 0 Å². The molecule has 7 heteroatoms. The van der Waals surface area contributed by atoms with Crippen LogP contribution in [0.1, 0.15) is 18.9 Å². The molecule has 1 heterocycles. The molecule has 7 nitrogen and oxygen atoms in total. The van der Waals surface area contributed by atoms with Crippen molar-refractivity contribution in [1.82, 2.24) is 14.9 Å². The normalized spacial score (nSPS) is 13.8. The van der Waals surface area contributed by atoms with Crippen LogP contribution in [-0.2, 0) is 9.59 Å². The lowest BCUT2D eigenvalue weighted by molar-refractivity contribution is -0.113. The molecule has 1 aliphatic rings. The second-order valence-corrected chi connectivity index (χ2v) is 8.41. The van der Waals surface area contributed by atoms with Crippen molar-refractivity contribution in [2.24, 2.45) is 0 Å². The summed E-state index contributed by atoms with van der Waals surface area (Å²) < 4.78 is 0. The van der Waals surface area contributed by atoms with E-state index >= 15 is 0 Å². The molecular formula is C27H27N5O2. The Kier molecular flexibility index (Phi) is 6.94. The Morgan fingerprint density at radius 3 is 2.76 bits per heavy atom. The largest absolute Gasteiger partial charge is 0.324 e. The van der Waals surface area contributed by atoms with Crippen molar-refractivity contribution in [1.29, 1.82) is 0 Å². The molecular weight excluding hydrogens is 426 g/mol. The first-order valence-electron chi connectivity index (χ1n) is 11.1. The Bertz CT molecular complexity index is 1340. The monoisotopic (exact) mass is 453 g/mol. The topological polar surface area (TPSA) is 87.2 Å². The molecule has 3 aromatic rings. The molecule has 0 fully saturated rings. The number of Topliss-reactive ketones (excluding diaryl/α,β-unsaturated/α-hetero) is 1. The van der Waals surface area contributed by atoms with Gasteiger partial charge in [-0.1, -0.05) is 30.4 Å². The first-order valence-corrected chi connectivity index (χ1v) is 11.1. The summed E-state index contributed by atoms with van der Waals surface area (Å²) in [6.07, 6.45) is 9.39. The van der Waals surface area contributed by atoms with Crippen LogP contribution in [0.25, 0.3) is 16.5 Å². The van der Waals surface area contributed by atoms with Crippen molar-refractivity contribution in [2.75, 3.05) is 31.3 Å². The van der Waals surface area contributed by atoms with Gasteiger partial charge >= 0.3 is 0 Å². The van der Waals surface area contributed by atoms with E-state index in [9.17, 15) is 9.59 Å². The molecule has 0 saturated heterocycles. The molecule has 1 aromatic heterocycles. The lowest BCUT2D eigenvalue weighted by atomic mass is 9.91. The number of allylic oxidation sites excluding steroid dienone is 4. The number of aromatic nitrogens is 2. The minimum Gasteiger partial charge on any atom is -0.324 e. The number of likely N-dealkylation sites (N-methyl/N-ethyl adjacent to an activating group) is 1. The minimum atomic E-state index is -0.186. The smallest absolute Gasteiger partial charge is 0.248 e. The fourth-order valence-electron chi connectivity index (χ4n) is 3.74. The van der Waals surface area contributed by atoms with Gasteiger partial charge in [0.25, 0.3) is 0 Å². The molecule has 0 saturated carbocycles. The maximum atomic E-state index is 12.4. The predicted octanol–water partition coefficient (Wildman–Crippen LogP) is 4.73. The summed E-state index contributed by atoms with van der Waals surface area (Å²) in [4.78, 5) is 35.5. The Balaban J connectivity index is 1.49. The molecule has 2 N–H and O–H groups in total. The Hall–Kier alpha value is -4.10. The number of ketones is 1. The second-order valence-electron chi connectivity index (χ2n) is 8.41. The first kappa shape index (κ1) is 23.1. The molecule has 0 radical (unpaired) electrons. The number of amides is 1. The van der Waals surface area contributed by atoms with E-state index in [-0.39, 0.29) is 11.7 Å². The summed E-state index contributed by atoms with van der Waals surface area (Å²) in [7, 11) is 3.89. The van der Waals surface area contributed by atoms with Crippen LogP contribution < -0.4 is 10.6 Å². The van der Waals surface area contributed by atoms with E-state index in [1.165, 1.54) is 6.08 Å². The van der Waals surface area contributed by atoms with Gasteiger partial charge in [0.15, 0.2) is 5.78 Å². The number of carbonyl (C=O) groups is 2. The molecule has 4 rings (SSSR count). The number of rotatable bonds is 7. The highest BCUT2D eigenvalue weighted by molar-refractivity contribution is 6.23. The highest BCUT2D eigenvalue weighted by Gasteiger charge is 2.17. The Morgan fingerprint density at radius 1 is 1.15 bits per heavy atom. The van der Waals surface area contributed by atoms with Gasteiger partial charge < -0.3 is 15.5 Å². The van der Waals surface area contributed by atoms with Crippen molar-refractivity contribution in [2.45, 2.75) is 13.3 Å². The number of hydrogen-bond donors (Lipinski definition) is 2. The zero-order valence-corrected chi connectivity index (χ0v) is 19.5. The van der Waals surface area contributed by atoms with E-state index in [2.05, 4.69) is 20.6 Å². The van der Waals surface area contributed by atoms with Crippen LogP contribution in [0.2, 0.25) is 0 Å². The summed E-state index contributed by atoms with van der Waals surface area (Å²) in [5.41, 5.74) is 4.80. The van der Waals surface area contributed by atoms with Crippen molar-refractivity contribution >= 4 is 45.5 Å². The van der Waals surface area contributed by atoms with Crippen LogP contribution in [0.5, 0.6) is 0 Å². The average molecular weight is 454 g/mol. The lowest BCUT2D eigenvalue weighted by Crippen LogP contribution is -2.13. The number of anilines is 3. The van der Waals surface area contributed by atoms with Crippen LogP contribution in [-0.4, -0.2) is 47.2 Å². The van der Waals surface area contributed by atoms with Gasteiger partial charge in [0.2, 0.25) is 11.9 Å². The third-order valence-corrected chi connectivity index (χ3v) is 5.34. The Labute approximate surface area is 198 Å². The van der Waals surface area contributed by atoms with Gasteiger partial charge in [-0.15, -0.1) is 0 Å². The van der Waals surface area contributed by atoms with Crippen LogP contribution in [0, 0.1) is 0 Å². The molecule has 1 amide bonds. The van der Waals surface area contributed by atoms with Gasteiger partial charge in [-0.05, 0) is 62.5 Å². The van der Waals surface area contributed by atoms with Gasteiger partial charge in [-0.3, -0.25) is 9.59 Å². The van der Waals surface area contributed by atoms with Gasteiger partial charge in [-0.2, -0.15) is 0 Å². The third kappa shape index (κ3) is 5.63. The Morgan fingerprint density at radius 2 is 1.97 bits per heavy atom. The van der Waals surface area contributed by atoms with E-state index in [1.54, 1.807) is 6.20 Å². The number of carbonyl (C=O) groups excluding carboxylic acids is 2. The summed E-state index contributed by atoms with van der Waals surface area (Å²) in [5, 5.41) is 6.90. The number of nitrogens with one attached hydrogen (secondary N) is 2. The fraction of sp³-hybridized carbons (Fsp3) is 0.185. The highest BCUT2D eigenvalue weighted by Crippen LogP contribution is 2.28. The van der Waals surface area contributed by atoms with Crippen molar-refractivity contribution < 1.29 is 9.59 Å². The maximum absolute atomic E-state index is 12.4. The first-order chi connectivity index (χ1) is 16.4. The van der Waals surface area contributed by atoms with Crippen LogP contribution >= 0.6 is 0 Å². The van der Waals surface area contributed by atoms with Gasteiger partial charge in [0.1, 0.15) is 0 Å². The van der Waals surface area contributed by atoms with E-state index in [0.717, 1.165) is 33.3 Å². The van der Waals surface area contributed by atoms with Crippen molar-refractivity contribution in [3.05, 3.63) is 84.1 Å². The molecule has 1 aliphatic carbocycles. The minimum absolute atomic E-state index is 0.124. The molecule has 172 valence electrons. The third-order valence-electron chi connectivity index (χ3n) is 5.34. The molecule has 0 spiro atoms. The maximum Gasteiger partial charge on any atom is 0.248 e. The van der Waals surface area contributed by atoms with E-state index < -0.39 is 0 Å². The van der Waals surface area contributed by atoms with Gasteiger partial charge in [0, 0.05) is 47.6 Å². The fourth-order valence-corrected chi connectivity index (χ4v) is 3.74. The SMILES string of the molecule is CC1=C(c2ccc3nc(Nc4cccc(NC(=O)/C=C/CN(C)C)c4)ncc3c2)C(=O)CC=C1. The number of hydrogen-bond acceptors (Lipinski definition) is 6. The van der Waals surface area contributed by atoms with E-state index in [4.69, 9.17) is 0 Å². The quantitative estimate of drug-likeness (QED) is 0.503. The second kappa shape index (κ2) is 10.2. The van der Waals surface area contributed by atoms with E-state index in [0.29, 0.717) is 24.6 Å². The molecule has 2 aromatic carbocycles. The molecule has 0 bridgehead atoms. The highest BCUT2D eigenvalue weighted by atomic mass is 16.1. The van der Waals surface area contributed by atoms with Crippen molar-refractivity contribution in [3.63, 3.8) is 0 Å². The summed E-state index contributed by atoms with van der Waals surface area (Å²) >= 11 is 0. The zero-order valence-electron chi connectivity index (χ0n) is 19.5. The zero-order chi connectivity index (χ0) is 24.1. The summed E-state index contributed by atoms with van der Waals surface area (Å²) in [6.45, 7) is 2.65. The van der Waals surface area contributed by atoms with Crippen LogP contribution in [0.15, 0.2) is 78.5 Å². The number of fused-ring (bicyclic) bond motifs is 1. The molecule has 0 aliphatic heterocycles. The van der Waals surface area contributed by atoms with Gasteiger partial charge in [-0.25, -0.2) is 9.97 Å². The molecule has 0 unspecified atom stereocenters. The summed E-state index contributed by atoms with van der Waals surface area (Å²) in [5.74, 6) is 0.384. The number of benzene rings is 2. The lowest BCUT2D eigenvalue weighted by Gasteiger charge is -2.13. The van der Waals surface area contributed by atoms with Gasteiger partial charge in [0.05, 0.1) is 5.52 Å². The standard InChI is InChI=1S/C27H27N5O2/c1-18-7-4-10-24(33)26(18)19-12-13-23-20(15-19)17-28-27(31-23)30-22-9-5-8-21(16-22)29-25(34)11-6-14-32(2)3/h4-9,11-13,15-17H,10,14H2,1-3H3,(H,29,34)(H,28,30,31)/b11-6+.